The highest BCUT2D eigenvalue weighted by Crippen LogP contribution is 2.27. The van der Waals surface area contributed by atoms with E-state index in [2.05, 4.69) is 10.2 Å². The van der Waals surface area contributed by atoms with Crippen LogP contribution >= 0.6 is 34.8 Å². The highest BCUT2D eigenvalue weighted by Gasteiger charge is 2.10. The van der Waals surface area contributed by atoms with E-state index in [-0.39, 0.29) is 0 Å². The standard InChI is InChI=1S/C10H8Cl3N3/c1-16-9(5-11)14-15-10(16)6-2-3-7(12)8(13)4-6/h2-4H,5H2,1H3. The van der Waals surface area contributed by atoms with Crippen LogP contribution in [0.5, 0.6) is 0 Å². The van der Waals surface area contributed by atoms with Crippen LogP contribution in [-0.4, -0.2) is 14.8 Å². The van der Waals surface area contributed by atoms with E-state index in [9.17, 15) is 0 Å². The minimum absolute atomic E-state index is 0.324. The van der Waals surface area contributed by atoms with Gasteiger partial charge in [-0.3, -0.25) is 0 Å². The Morgan fingerprint density at radius 2 is 1.94 bits per heavy atom. The highest BCUT2D eigenvalue weighted by molar-refractivity contribution is 6.42. The molecule has 3 nitrogen and oxygen atoms in total. The fraction of sp³-hybridized carbons (Fsp3) is 0.200. The maximum absolute atomic E-state index is 5.94. The number of alkyl halides is 1. The third-order valence-electron chi connectivity index (χ3n) is 2.26. The fourth-order valence-electron chi connectivity index (χ4n) is 1.36. The second-order valence-corrected chi connectivity index (χ2v) is 4.34. The summed E-state index contributed by atoms with van der Waals surface area (Å²) in [5.74, 6) is 1.75. The lowest BCUT2D eigenvalue weighted by atomic mass is 10.2. The maximum atomic E-state index is 5.94. The number of hydrogen-bond acceptors (Lipinski definition) is 2. The summed E-state index contributed by atoms with van der Waals surface area (Å²) in [6.45, 7) is 0. The molecule has 1 aromatic heterocycles. The molecule has 0 saturated carbocycles. The van der Waals surface area contributed by atoms with Gasteiger partial charge in [-0.25, -0.2) is 0 Å². The van der Waals surface area contributed by atoms with Crippen molar-refractivity contribution in [1.82, 2.24) is 14.8 Å². The Kier molecular flexibility index (Phi) is 3.38. The van der Waals surface area contributed by atoms with E-state index in [0.717, 1.165) is 5.56 Å². The average molecular weight is 277 g/mol. The third kappa shape index (κ3) is 2.03. The molecule has 0 saturated heterocycles. The smallest absolute Gasteiger partial charge is 0.163 e. The van der Waals surface area contributed by atoms with Crippen molar-refractivity contribution in [3.8, 4) is 11.4 Å². The Labute approximate surface area is 108 Å². The van der Waals surface area contributed by atoms with Gasteiger partial charge in [0.1, 0.15) is 5.82 Å². The van der Waals surface area contributed by atoms with Crippen molar-refractivity contribution in [2.45, 2.75) is 5.88 Å². The van der Waals surface area contributed by atoms with E-state index in [0.29, 0.717) is 27.6 Å². The lowest BCUT2D eigenvalue weighted by Crippen LogP contribution is -1.97. The van der Waals surface area contributed by atoms with E-state index in [1.165, 1.54) is 0 Å². The summed E-state index contributed by atoms with van der Waals surface area (Å²) in [6, 6.07) is 5.33. The molecule has 1 heterocycles. The maximum Gasteiger partial charge on any atom is 0.163 e. The molecule has 0 bridgehead atoms. The lowest BCUT2D eigenvalue weighted by molar-refractivity contribution is 0.853. The minimum atomic E-state index is 0.324. The van der Waals surface area contributed by atoms with Crippen LogP contribution in [0.1, 0.15) is 5.82 Å². The van der Waals surface area contributed by atoms with Gasteiger partial charge >= 0.3 is 0 Å². The monoisotopic (exact) mass is 275 g/mol. The molecule has 1 aromatic carbocycles. The molecule has 0 N–H and O–H groups in total. The van der Waals surface area contributed by atoms with Gasteiger partial charge in [-0.2, -0.15) is 0 Å². The zero-order chi connectivity index (χ0) is 11.7. The third-order valence-corrected chi connectivity index (χ3v) is 3.24. The second-order valence-electron chi connectivity index (χ2n) is 3.26. The highest BCUT2D eigenvalue weighted by atomic mass is 35.5. The quantitative estimate of drug-likeness (QED) is 0.786. The number of aromatic nitrogens is 3. The van der Waals surface area contributed by atoms with Crippen LogP contribution in [0.25, 0.3) is 11.4 Å². The van der Waals surface area contributed by atoms with Crippen molar-refractivity contribution in [2.24, 2.45) is 7.05 Å². The zero-order valence-corrected chi connectivity index (χ0v) is 10.7. The summed E-state index contributed by atoms with van der Waals surface area (Å²) in [5.41, 5.74) is 0.862. The molecular weight excluding hydrogens is 268 g/mol. The van der Waals surface area contributed by atoms with Gasteiger partial charge in [0.25, 0.3) is 0 Å². The van der Waals surface area contributed by atoms with Gasteiger partial charge in [0.05, 0.1) is 15.9 Å². The first-order chi connectivity index (χ1) is 7.63. The zero-order valence-electron chi connectivity index (χ0n) is 8.41. The Hall–Kier alpha value is -0.770. The molecule has 2 rings (SSSR count). The van der Waals surface area contributed by atoms with Gasteiger partial charge in [0, 0.05) is 12.6 Å². The van der Waals surface area contributed by atoms with Crippen molar-refractivity contribution >= 4 is 34.8 Å². The second kappa shape index (κ2) is 4.62. The van der Waals surface area contributed by atoms with Crippen LogP contribution in [0, 0.1) is 0 Å². The van der Waals surface area contributed by atoms with E-state index in [1.807, 2.05) is 17.7 Å². The van der Waals surface area contributed by atoms with Crippen LogP contribution in [-0.2, 0) is 12.9 Å². The fourth-order valence-corrected chi connectivity index (χ4v) is 1.90. The molecule has 16 heavy (non-hydrogen) atoms. The Morgan fingerprint density at radius 3 is 2.50 bits per heavy atom. The van der Waals surface area contributed by atoms with Gasteiger partial charge in [-0.1, -0.05) is 23.2 Å². The summed E-state index contributed by atoms with van der Waals surface area (Å²) in [5, 5.41) is 9.04. The first-order valence-corrected chi connectivity index (χ1v) is 5.82. The van der Waals surface area contributed by atoms with E-state index < -0.39 is 0 Å². The van der Waals surface area contributed by atoms with Crippen molar-refractivity contribution in [3.05, 3.63) is 34.1 Å². The van der Waals surface area contributed by atoms with Crippen LogP contribution in [0.3, 0.4) is 0 Å². The van der Waals surface area contributed by atoms with Crippen molar-refractivity contribution in [3.63, 3.8) is 0 Å². The van der Waals surface area contributed by atoms with E-state index in [1.54, 1.807) is 12.1 Å². The van der Waals surface area contributed by atoms with Gasteiger partial charge in [0.15, 0.2) is 5.82 Å². The lowest BCUT2D eigenvalue weighted by Gasteiger charge is -2.03. The predicted octanol–water partition coefficient (Wildman–Crippen LogP) is 3.53. The van der Waals surface area contributed by atoms with Crippen molar-refractivity contribution in [1.29, 1.82) is 0 Å². The number of halogens is 3. The molecule has 0 aliphatic carbocycles. The number of benzene rings is 1. The van der Waals surface area contributed by atoms with Gasteiger partial charge in [0.2, 0.25) is 0 Å². The Bertz CT molecular complexity index is 522. The first kappa shape index (κ1) is 11.7. The summed E-state index contributed by atoms with van der Waals surface area (Å²) >= 11 is 17.5. The Morgan fingerprint density at radius 1 is 1.19 bits per heavy atom. The molecule has 0 amide bonds. The summed E-state index contributed by atoms with van der Waals surface area (Å²) < 4.78 is 1.83. The van der Waals surface area contributed by atoms with Crippen LogP contribution in [0.15, 0.2) is 18.2 Å². The average Bonchev–Trinajstić information content (AvgIpc) is 2.64. The van der Waals surface area contributed by atoms with E-state index in [4.69, 9.17) is 34.8 Å². The largest absolute Gasteiger partial charge is 0.313 e. The SMILES string of the molecule is Cn1c(CCl)nnc1-c1ccc(Cl)c(Cl)c1. The van der Waals surface area contributed by atoms with Crippen LogP contribution < -0.4 is 0 Å². The van der Waals surface area contributed by atoms with Gasteiger partial charge in [-0.15, -0.1) is 21.8 Å². The van der Waals surface area contributed by atoms with Gasteiger partial charge in [-0.05, 0) is 18.2 Å². The summed E-state index contributed by atoms with van der Waals surface area (Å²) in [6.07, 6.45) is 0. The minimum Gasteiger partial charge on any atom is -0.313 e. The van der Waals surface area contributed by atoms with Crippen molar-refractivity contribution in [2.75, 3.05) is 0 Å². The molecule has 0 radical (unpaired) electrons. The number of hydrogen-bond donors (Lipinski definition) is 0. The molecule has 0 aliphatic rings. The first-order valence-electron chi connectivity index (χ1n) is 4.53. The predicted molar refractivity (Wildman–Crippen MR) is 66.0 cm³/mol. The number of nitrogens with zero attached hydrogens (tertiary/aromatic N) is 3. The molecule has 0 aliphatic heterocycles. The molecule has 2 aromatic rings. The van der Waals surface area contributed by atoms with Crippen molar-refractivity contribution < 1.29 is 0 Å². The Balaban J connectivity index is 2.50. The summed E-state index contributed by atoms with van der Waals surface area (Å²) in [4.78, 5) is 0. The summed E-state index contributed by atoms with van der Waals surface area (Å²) in [7, 11) is 1.86. The van der Waals surface area contributed by atoms with Crippen LogP contribution in [0.4, 0.5) is 0 Å². The normalized spacial score (nSPS) is 10.8. The molecule has 0 spiro atoms. The van der Waals surface area contributed by atoms with Gasteiger partial charge < -0.3 is 4.57 Å². The molecule has 0 fully saturated rings. The molecular formula is C10H8Cl3N3. The number of rotatable bonds is 2. The molecule has 0 unspecified atom stereocenters. The molecule has 84 valence electrons. The topological polar surface area (TPSA) is 30.7 Å². The van der Waals surface area contributed by atoms with E-state index >= 15 is 0 Å². The molecule has 0 atom stereocenters. The van der Waals surface area contributed by atoms with Crippen LogP contribution in [0.2, 0.25) is 10.0 Å². The molecule has 6 heteroatoms.